The maximum atomic E-state index is 3.74. The SMILES string of the molecule is Cc1cccc(NC2CCCC2(C)C)c1C. The predicted molar refractivity (Wildman–Crippen MR) is 71.0 cm³/mol. The normalized spacial score (nSPS) is 23.4. The minimum atomic E-state index is 0.441. The molecular weight excluding hydrogens is 194 g/mol. The van der Waals surface area contributed by atoms with Crippen molar-refractivity contribution >= 4 is 5.69 Å². The van der Waals surface area contributed by atoms with Gasteiger partial charge in [-0.2, -0.15) is 0 Å². The highest BCUT2D eigenvalue weighted by molar-refractivity contribution is 5.54. The first kappa shape index (κ1) is 11.5. The Bertz CT molecular complexity index is 379. The standard InChI is InChI=1S/C15H23N/c1-11-7-5-8-13(12(11)2)16-14-9-6-10-15(14,3)4/h5,7-8,14,16H,6,9-10H2,1-4H3. The molecule has 88 valence electrons. The van der Waals surface area contributed by atoms with E-state index in [1.54, 1.807) is 0 Å². The van der Waals surface area contributed by atoms with Crippen molar-refractivity contribution in [2.24, 2.45) is 5.41 Å². The molecule has 0 aliphatic heterocycles. The largest absolute Gasteiger partial charge is 0.382 e. The summed E-state index contributed by atoms with van der Waals surface area (Å²) in [5.41, 5.74) is 4.53. The molecule has 0 radical (unpaired) electrons. The van der Waals surface area contributed by atoms with Crippen LogP contribution in [0.2, 0.25) is 0 Å². The first-order chi connectivity index (χ1) is 7.50. The van der Waals surface area contributed by atoms with Gasteiger partial charge < -0.3 is 5.32 Å². The predicted octanol–water partition coefficient (Wildman–Crippen LogP) is 4.29. The maximum Gasteiger partial charge on any atom is 0.0374 e. The molecule has 0 spiro atoms. The van der Waals surface area contributed by atoms with Gasteiger partial charge in [-0.1, -0.05) is 32.4 Å². The number of rotatable bonds is 2. The molecule has 1 saturated carbocycles. The minimum absolute atomic E-state index is 0.441. The highest BCUT2D eigenvalue weighted by Crippen LogP contribution is 2.39. The van der Waals surface area contributed by atoms with E-state index in [-0.39, 0.29) is 0 Å². The lowest BCUT2D eigenvalue weighted by atomic mass is 9.87. The molecule has 0 heterocycles. The molecule has 1 heteroatoms. The highest BCUT2D eigenvalue weighted by Gasteiger charge is 2.34. The zero-order valence-corrected chi connectivity index (χ0v) is 10.9. The van der Waals surface area contributed by atoms with Crippen LogP contribution >= 0.6 is 0 Å². The van der Waals surface area contributed by atoms with Gasteiger partial charge in [0.1, 0.15) is 0 Å². The summed E-state index contributed by atoms with van der Waals surface area (Å²) in [6.07, 6.45) is 4.01. The summed E-state index contributed by atoms with van der Waals surface area (Å²) < 4.78 is 0. The zero-order chi connectivity index (χ0) is 11.8. The van der Waals surface area contributed by atoms with E-state index in [0.29, 0.717) is 11.5 Å². The van der Waals surface area contributed by atoms with Crippen molar-refractivity contribution in [2.75, 3.05) is 5.32 Å². The molecule has 1 aliphatic carbocycles. The van der Waals surface area contributed by atoms with Gasteiger partial charge in [0.15, 0.2) is 0 Å². The van der Waals surface area contributed by atoms with Gasteiger partial charge in [0.05, 0.1) is 0 Å². The lowest BCUT2D eigenvalue weighted by molar-refractivity contribution is 0.350. The second-order valence-electron chi connectivity index (χ2n) is 5.83. The van der Waals surface area contributed by atoms with E-state index >= 15 is 0 Å². The number of hydrogen-bond acceptors (Lipinski definition) is 1. The third kappa shape index (κ3) is 2.09. The van der Waals surface area contributed by atoms with Crippen LogP contribution in [-0.2, 0) is 0 Å². The molecule has 16 heavy (non-hydrogen) atoms. The minimum Gasteiger partial charge on any atom is -0.382 e. The molecule has 1 aromatic carbocycles. The molecule has 1 fully saturated rings. The molecule has 1 aromatic rings. The van der Waals surface area contributed by atoms with Crippen molar-refractivity contribution in [2.45, 2.75) is 53.0 Å². The van der Waals surface area contributed by atoms with Crippen LogP contribution in [0, 0.1) is 19.3 Å². The molecule has 1 nitrogen and oxygen atoms in total. The zero-order valence-electron chi connectivity index (χ0n) is 10.9. The Labute approximate surface area is 99.3 Å². The smallest absolute Gasteiger partial charge is 0.0374 e. The molecular formula is C15H23N. The van der Waals surface area contributed by atoms with Crippen LogP contribution in [-0.4, -0.2) is 6.04 Å². The van der Waals surface area contributed by atoms with Crippen LogP contribution < -0.4 is 5.32 Å². The second-order valence-corrected chi connectivity index (χ2v) is 5.83. The fourth-order valence-electron chi connectivity index (χ4n) is 2.69. The van der Waals surface area contributed by atoms with Crippen LogP contribution in [0.25, 0.3) is 0 Å². The van der Waals surface area contributed by atoms with Gasteiger partial charge in [-0.15, -0.1) is 0 Å². The first-order valence-electron chi connectivity index (χ1n) is 6.33. The van der Waals surface area contributed by atoms with Crippen molar-refractivity contribution < 1.29 is 0 Å². The Morgan fingerprint density at radius 1 is 1.25 bits per heavy atom. The van der Waals surface area contributed by atoms with Crippen LogP contribution in [0.4, 0.5) is 5.69 Å². The van der Waals surface area contributed by atoms with E-state index in [2.05, 4.69) is 51.2 Å². The van der Waals surface area contributed by atoms with Crippen LogP contribution in [0.3, 0.4) is 0 Å². The van der Waals surface area contributed by atoms with E-state index in [1.165, 1.54) is 36.1 Å². The van der Waals surface area contributed by atoms with Crippen molar-refractivity contribution in [1.29, 1.82) is 0 Å². The molecule has 0 saturated heterocycles. The fourth-order valence-corrected chi connectivity index (χ4v) is 2.69. The lowest BCUT2D eigenvalue weighted by Gasteiger charge is -2.29. The van der Waals surface area contributed by atoms with E-state index in [9.17, 15) is 0 Å². The summed E-state index contributed by atoms with van der Waals surface area (Å²) in [5, 5.41) is 3.74. The molecule has 1 unspecified atom stereocenters. The Morgan fingerprint density at radius 2 is 2.00 bits per heavy atom. The Hall–Kier alpha value is -0.980. The Balaban J connectivity index is 2.18. The average Bonchev–Trinajstić information content (AvgIpc) is 2.54. The lowest BCUT2D eigenvalue weighted by Crippen LogP contribution is -2.31. The van der Waals surface area contributed by atoms with Gasteiger partial charge in [0, 0.05) is 11.7 Å². The maximum absolute atomic E-state index is 3.74. The number of nitrogens with one attached hydrogen (secondary N) is 1. The third-order valence-electron chi connectivity index (χ3n) is 4.19. The number of aryl methyl sites for hydroxylation is 1. The number of hydrogen-bond donors (Lipinski definition) is 1. The quantitative estimate of drug-likeness (QED) is 0.779. The fraction of sp³-hybridized carbons (Fsp3) is 0.600. The summed E-state index contributed by atoms with van der Waals surface area (Å²) >= 11 is 0. The molecule has 0 aromatic heterocycles. The third-order valence-corrected chi connectivity index (χ3v) is 4.19. The van der Waals surface area contributed by atoms with Crippen molar-refractivity contribution in [1.82, 2.24) is 0 Å². The monoisotopic (exact) mass is 217 g/mol. The molecule has 0 bridgehead atoms. The first-order valence-corrected chi connectivity index (χ1v) is 6.33. The molecule has 0 amide bonds. The van der Waals surface area contributed by atoms with Crippen LogP contribution in [0.1, 0.15) is 44.2 Å². The van der Waals surface area contributed by atoms with E-state index in [0.717, 1.165) is 0 Å². The van der Waals surface area contributed by atoms with E-state index in [4.69, 9.17) is 0 Å². The Morgan fingerprint density at radius 3 is 2.62 bits per heavy atom. The van der Waals surface area contributed by atoms with Crippen molar-refractivity contribution in [3.8, 4) is 0 Å². The van der Waals surface area contributed by atoms with Gasteiger partial charge in [-0.3, -0.25) is 0 Å². The molecule has 1 aliphatic rings. The summed E-state index contributed by atoms with van der Waals surface area (Å²) in [7, 11) is 0. The summed E-state index contributed by atoms with van der Waals surface area (Å²) in [4.78, 5) is 0. The van der Waals surface area contributed by atoms with Crippen LogP contribution in [0.15, 0.2) is 18.2 Å². The van der Waals surface area contributed by atoms with Gasteiger partial charge in [-0.25, -0.2) is 0 Å². The highest BCUT2D eigenvalue weighted by atomic mass is 14.9. The summed E-state index contributed by atoms with van der Waals surface area (Å²) in [5.74, 6) is 0. The molecule has 1 atom stereocenters. The van der Waals surface area contributed by atoms with Gasteiger partial charge in [-0.05, 0) is 49.3 Å². The number of anilines is 1. The van der Waals surface area contributed by atoms with E-state index in [1.807, 2.05) is 0 Å². The molecule has 2 rings (SSSR count). The summed E-state index contributed by atoms with van der Waals surface area (Å²) in [6.45, 7) is 9.14. The van der Waals surface area contributed by atoms with Crippen LogP contribution in [0.5, 0.6) is 0 Å². The summed E-state index contributed by atoms with van der Waals surface area (Å²) in [6, 6.07) is 7.16. The van der Waals surface area contributed by atoms with Crippen molar-refractivity contribution in [3.63, 3.8) is 0 Å². The topological polar surface area (TPSA) is 12.0 Å². The van der Waals surface area contributed by atoms with Gasteiger partial charge in [0.2, 0.25) is 0 Å². The Kier molecular flexibility index (Phi) is 2.96. The van der Waals surface area contributed by atoms with Crippen molar-refractivity contribution in [3.05, 3.63) is 29.3 Å². The van der Waals surface area contributed by atoms with Gasteiger partial charge >= 0.3 is 0 Å². The van der Waals surface area contributed by atoms with E-state index < -0.39 is 0 Å². The molecule has 1 N–H and O–H groups in total. The van der Waals surface area contributed by atoms with Gasteiger partial charge in [0.25, 0.3) is 0 Å². The average molecular weight is 217 g/mol. The number of benzene rings is 1. The second kappa shape index (κ2) is 4.12.